The van der Waals surface area contributed by atoms with Crippen LogP contribution in [0.2, 0.25) is 0 Å². The topological polar surface area (TPSA) is 34.8 Å². The summed E-state index contributed by atoms with van der Waals surface area (Å²) in [5.74, 6) is 2.11. The van der Waals surface area contributed by atoms with E-state index in [4.69, 9.17) is 4.52 Å². The molecule has 248 valence electrons. The van der Waals surface area contributed by atoms with Crippen molar-refractivity contribution in [3.05, 3.63) is 150 Å². The molecule has 0 bridgehead atoms. The van der Waals surface area contributed by atoms with Crippen LogP contribution in [0.5, 0.6) is 5.75 Å². The number of benzene rings is 4. The Labute approximate surface area is 295 Å². The van der Waals surface area contributed by atoms with Crippen molar-refractivity contribution in [1.29, 1.82) is 0 Å². The first-order valence-corrected chi connectivity index (χ1v) is 19.3. The normalized spacial score (nSPS) is 16.9. The first kappa shape index (κ1) is 30.9. The minimum absolute atomic E-state index is 0.0764. The molecule has 0 fully saturated rings. The first-order valence-electron chi connectivity index (χ1n) is 17.5. The molecule has 4 aromatic carbocycles. The Balaban J connectivity index is 1.56. The maximum atomic E-state index is 7.93. The fourth-order valence-electron chi connectivity index (χ4n) is 8.41. The summed E-state index contributed by atoms with van der Waals surface area (Å²) in [5, 5.41) is 1.22. The average Bonchev–Trinajstić information content (AvgIpc) is 3.60. The number of hydrogen-bond donors (Lipinski definition) is 0. The summed E-state index contributed by atoms with van der Waals surface area (Å²) >= 11 is 0. The molecule has 1 spiro atoms. The van der Waals surface area contributed by atoms with Gasteiger partial charge in [0, 0.05) is 0 Å². The molecule has 3 aliphatic rings. The van der Waals surface area contributed by atoms with Gasteiger partial charge in [0.2, 0.25) is 0 Å². The summed E-state index contributed by atoms with van der Waals surface area (Å²) < 4.78 is 15.5. The van der Waals surface area contributed by atoms with E-state index in [1.165, 1.54) is 38.6 Å². The second-order valence-corrected chi connectivity index (χ2v) is 18.5. The van der Waals surface area contributed by atoms with E-state index < -0.39 is 7.79 Å². The third kappa shape index (κ3) is 3.96. The van der Waals surface area contributed by atoms with Crippen LogP contribution in [0, 0.1) is 0 Å². The van der Waals surface area contributed by atoms with Crippen LogP contribution < -0.4 is 13.2 Å². The van der Waals surface area contributed by atoms with Gasteiger partial charge in [-0.15, -0.1) is 0 Å². The summed E-state index contributed by atoms with van der Waals surface area (Å²) in [6.45, 7) is 20.4. The minimum atomic E-state index is -3.34. The average molecular weight is 675 g/mol. The molecule has 9 rings (SSSR count). The standard InChI is InChI=1S/C44H43N4OP/c1-9-30-33-20-16-22-37-39(33)48-42(47(37)36-21-15-14-19-32(36)28-17-12-11-13-18-28)34-25-29(43(3,4)5)26-35(44(6,7)8)40(34)49-50(48)41(30)31(10-2)38-27-45-23-24-46(38)50/h9-27,50H,1H2,2-8H3/q+2/b31-10-. The molecule has 6 heteroatoms. The van der Waals surface area contributed by atoms with Gasteiger partial charge in [0.25, 0.3) is 0 Å². The number of nitrogens with zero attached hydrogens (tertiary/aromatic N) is 4. The van der Waals surface area contributed by atoms with Gasteiger partial charge in [0.1, 0.15) is 0 Å². The second-order valence-electron chi connectivity index (χ2n) is 15.7. The molecule has 50 heavy (non-hydrogen) atoms. The zero-order valence-corrected chi connectivity index (χ0v) is 30.9. The first-order chi connectivity index (χ1) is 24.0. The quantitative estimate of drug-likeness (QED) is 0.175. The van der Waals surface area contributed by atoms with Crippen molar-refractivity contribution >= 4 is 30.0 Å². The van der Waals surface area contributed by atoms with Gasteiger partial charge >= 0.3 is 296 Å². The van der Waals surface area contributed by atoms with E-state index in [2.05, 4.69) is 170 Å². The molecule has 0 amide bonds. The van der Waals surface area contributed by atoms with Gasteiger partial charge in [0.05, 0.1) is 0 Å². The van der Waals surface area contributed by atoms with Crippen molar-refractivity contribution in [2.24, 2.45) is 0 Å². The van der Waals surface area contributed by atoms with E-state index in [1.807, 2.05) is 18.5 Å². The summed E-state index contributed by atoms with van der Waals surface area (Å²) in [5.41, 5.74) is 13.7. The number of fused-ring (bicyclic) bond motifs is 3. The number of allylic oxidation sites excluding steroid dienone is 5. The molecule has 0 radical (unpaired) electrons. The molecule has 5 heterocycles. The Morgan fingerprint density at radius 1 is 0.840 bits per heavy atom. The van der Waals surface area contributed by atoms with Crippen LogP contribution in [-0.2, 0) is 10.8 Å². The fraction of sp³-hybridized carbons (Fsp3) is 0.205. The molecule has 5 nitrogen and oxygen atoms in total. The maximum absolute atomic E-state index is 7.93. The molecule has 0 atom stereocenters. The van der Waals surface area contributed by atoms with Crippen molar-refractivity contribution in [2.75, 3.05) is 0 Å². The van der Waals surface area contributed by atoms with Crippen LogP contribution in [0.1, 0.15) is 70.9 Å². The SMILES string of the molecule is C=CC1=C2/C(=C\C)c3cncc[n+]3[PH]23Oc2c(cc(C(C)(C)C)cc2C(C)(C)C)-c2n(-c4ccccc4-c4ccccc4)c4cccc1c4[n+]23. The Hall–Kier alpha value is -5.12. The summed E-state index contributed by atoms with van der Waals surface area (Å²) in [7, 11) is -3.34. The Morgan fingerprint density at radius 2 is 1.58 bits per heavy atom. The summed E-state index contributed by atoms with van der Waals surface area (Å²) in [6.07, 6.45) is 10.3. The predicted octanol–water partition coefficient (Wildman–Crippen LogP) is 10.1. The molecule has 0 saturated heterocycles. The Kier molecular flexibility index (Phi) is 6.46. The predicted molar refractivity (Wildman–Crippen MR) is 207 cm³/mol. The van der Waals surface area contributed by atoms with Crippen molar-refractivity contribution in [3.8, 4) is 34.0 Å². The molecule has 2 aromatic heterocycles. The van der Waals surface area contributed by atoms with E-state index in [0.717, 1.165) is 45.2 Å². The third-order valence-corrected chi connectivity index (χ3v) is 14.5. The monoisotopic (exact) mass is 674 g/mol. The summed E-state index contributed by atoms with van der Waals surface area (Å²) in [4.78, 5) is 4.65. The van der Waals surface area contributed by atoms with Gasteiger partial charge in [-0.1, -0.05) is 0 Å². The van der Waals surface area contributed by atoms with Gasteiger partial charge in [-0.2, -0.15) is 0 Å². The molecular weight excluding hydrogens is 631 g/mol. The molecule has 6 aromatic rings. The van der Waals surface area contributed by atoms with Crippen molar-refractivity contribution in [1.82, 2.24) is 9.55 Å². The van der Waals surface area contributed by atoms with E-state index in [-0.39, 0.29) is 10.8 Å². The molecule has 0 aliphatic carbocycles. The molecule has 0 unspecified atom stereocenters. The van der Waals surface area contributed by atoms with E-state index in [9.17, 15) is 0 Å². The number of hydrogen-bond acceptors (Lipinski definition) is 2. The number of rotatable bonds is 3. The van der Waals surface area contributed by atoms with Crippen LogP contribution in [0.25, 0.3) is 50.4 Å². The van der Waals surface area contributed by atoms with Crippen molar-refractivity contribution in [3.63, 3.8) is 0 Å². The van der Waals surface area contributed by atoms with Gasteiger partial charge in [0.15, 0.2) is 0 Å². The van der Waals surface area contributed by atoms with Crippen molar-refractivity contribution in [2.45, 2.75) is 59.3 Å². The van der Waals surface area contributed by atoms with Crippen LogP contribution in [0.3, 0.4) is 0 Å². The van der Waals surface area contributed by atoms with E-state index >= 15 is 0 Å². The number of para-hydroxylation sites is 2. The Morgan fingerprint density at radius 3 is 2.30 bits per heavy atom. The summed E-state index contributed by atoms with van der Waals surface area (Å²) in [6, 6.07) is 31.1. The van der Waals surface area contributed by atoms with Gasteiger partial charge in [-0.05, 0) is 0 Å². The second kappa shape index (κ2) is 10.4. The van der Waals surface area contributed by atoms with Crippen molar-refractivity contribution < 1.29 is 13.2 Å². The Bertz CT molecular complexity index is 2510. The third-order valence-electron chi connectivity index (χ3n) is 10.7. The van der Waals surface area contributed by atoms with Crippen LogP contribution >= 0.6 is 7.79 Å². The van der Waals surface area contributed by atoms with E-state index in [0.29, 0.717) is 0 Å². The van der Waals surface area contributed by atoms with Gasteiger partial charge in [-0.3, -0.25) is 0 Å². The van der Waals surface area contributed by atoms with Gasteiger partial charge in [-0.25, -0.2) is 0 Å². The molecule has 0 saturated carbocycles. The van der Waals surface area contributed by atoms with Crippen LogP contribution in [-0.4, -0.2) is 9.55 Å². The van der Waals surface area contributed by atoms with E-state index in [1.54, 1.807) is 0 Å². The van der Waals surface area contributed by atoms with Crippen LogP contribution in [0.15, 0.2) is 128 Å². The number of aromatic nitrogens is 4. The van der Waals surface area contributed by atoms with Crippen LogP contribution in [0.4, 0.5) is 0 Å². The zero-order valence-electron chi connectivity index (χ0n) is 29.9. The van der Waals surface area contributed by atoms with Gasteiger partial charge < -0.3 is 0 Å². The molecule has 0 N–H and O–H groups in total. The molecule has 3 aliphatic heterocycles. The number of imidazole rings is 1. The fourth-order valence-corrected chi connectivity index (χ4v) is 12.9. The zero-order chi connectivity index (χ0) is 34.7. The molecular formula is C44H43N4OP+2.